The summed E-state index contributed by atoms with van der Waals surface area (Å²) in [6.07, 6.45) is 2.13. The van der Waals surface area contributed by atoms with Crippen molar-refractivity contribution < 1.29 is 9.66 Å². The van der Waals surface area contributed by atoms with Crippen molar-refractivity contribution in [2.45, 2.75) is 34.1 Å². The molecule has 0 aromatic carbocycles. The Morgan fingerprint density at radius 2 is 1.88 bits per heavy atom. The molecule has 136 valence electrons. The van der Waals surface area contributed by atoms with Gasteiger partial charge in [0.05, 0.1) is 4.92 Å². The van der Waals surface area contributed by atoms with E-state index in [0.717, 1.165) is 6.42 Å². The van der Waals surface area contributed by atoms with Crippen molar-refractivity contribution >= 4 is 17.3 Å². The zero-order valence-electron chi connectivity index (χ0n) is 15.3. The Labute approximate surface area is 143 Å². The van der Waals surface area contributed by atoms with Crippen LogP contribution in [-0.2, 0) is 4.74 Å². The van der Waals surface area contributed by atoms with Crippen LogP contribution in [0.3, 0.4) is 0 Å². The molecule has 0 atom stereocenters. The monoisotopic (exact) mass is 339 g/mol. The Morgan fingerprint density at radius 3 is 2.38 bits per heavy atom. The fourth-order valence-corrected chi connectivity index (χ4v) is 2.45. The molecular formula is C16H29N5O3. The second-order valence-electron chi connectivity index (χ2n) is 6.62. The molecule has 1 aromatic rings. The quantitative estimate of drug-likeness (QED) is 0.376. The Bertz CT molecular complexity index is 512. The van der Waals surface area contributed by atoms with Crippen molar-refractivity contribution in [1.82, 2.24) is 9.97 Å². The minimum absolute atomic E-state index is 0.0591. The van der Waals surface area contributed by atoms with Gasteiger partial charge in [0.15, 0.2) is 0 Å². The second-order valence-corrected chi connectivity index (χ2v) is 6.62. The van der Waals surface area contributed by atoms with Crippen LogP contribution in [0.4, 0.5) is 17.3 Å². The third kappa shape index (κ3) is 6.27. The smallest absolute Gasteiger partial charge is 0.353 e. The van der Waals surface area contributed by atoms with E-state index in [1.54, 1.807) is 7.11 Å². The molecule has 0 saturated heterocycles. The van der Waals surface area contributed by atoms with Crippen LogP contribution in [0.5, 0.6) is 0 Å². The van der Waals surface area contributed by atoms with Gasteiger partial charge in [-0.05, 0) is 18.3 Å². The zero-order chi connectivity index (χ0) is 18.1. The summed E-state index contributed by atoms with van der Waals surface area (Å²) in [5, 5.41) is 14.7. The minimum atomic E-state index is -0.401. The van der Waals surface area contributed by atoms with Gasteiger partial charge in [-0.3, -0.25) is 10.1 Å². The molecule has 1 N–H and O–H groups in total. The molecule has 0 saturated carbocycles. The lowest BCUT2D eigenvalue weighted by molar-refractivity contribution is -0.383. The maximum Gasteiger partial charge on any atom is 0.353 e. The first-order valence-corrected chi connectivity index (χ1v) is 8.33. The summed E-state index contributed by atoms with van der Waals surface area (Å²) in [5.74, 6) is 1.39. The lowest BCUT2D eigenvalue weighted by Gasteiger charge is -2.27. The Balaban J connectivity index is 3.12. The largest absolute Gasteiger partial charge is 0.385 e. The van der Waals surface area contributed by atoms with E-state index in [4.69, 9.17) is 4.74 Å². The van der Waals surface area contributed by atoms with Gasteiger partial charge in [-0.25, -0.2) is 9.97 Å². The van der Waals surface area contributed by atoms with Crippen molar-refractivity contribution in [2.75, 3.05) is 43.6 Å². The average molecular weight is 339 g/mol. The van der Waals surface area contributed by atoms with E-state index in [9.17, 15) is 10.1 Å². The van der Waals surface area contributed by atoms with Crippen molar-refractivity contribution in [3.63, 3.8) is 0 Å². The number of hydrogen-bond donors (Lipinski definition) is 1. The van der Waals surface area contributed by atoms with Crippen LogP contribution in [0.2, 0.25) is 0 Å². The normalized spacial score (nSPS) is 11.1. The first-order chi connectivity index (χ1) is 11.4. The topological polar surface area (TPSA) is 93.4 Å². The second kappa shape index (κ2) is 10.0. The third-order valence-electron chi connectivity index (χ3n) is 3.27. The molecule has 1 aromatic heterocycles. The van der Waals surface area contributed by atoms with Crippen molar-refractivity contribution in [3.8, 4) is 0 Å². The SMILES string of the molecule is COCCCNc1ncnc(N(CC(C)C)CC(C)C)c1[N+](=O)[O-]. The van der Waals surface area contributed by atoms with Gasteiger partial charge in [0.1, 0.15) is 6.33 Å². The van der Waals surface area contributed by atoms with E-state index in [0.29, 0.717) is 43.9 Å². The number of hydrogen-bond acceptors (Lipinski definition) is 7. The molecule has 0 bridgehead atoms. The summed E-state index contributed by atoms with van der Waals surface area (Å²) in [4.78, 5) is 21.5. The van der Waals surface area contributed by atoms with Crippen LogP contribution in [0.25, 0.3) is 0 Å². The highest BCUT2D eigenvalue weighted by molar-refractivity contribution is 5.70. The number of nitrogens with zero attached hydrogens (tertiary/aromatic N) is 4. The number of aromatic nitrogens is 2. The summed E-state index contributed by atoms with van der Waals surface area (Å²) in [6.45, 7) is 10.9. The summed E-state index contributed by atoms with van der Waals surface area (Å²) < 4.78 is 4.99. The molecule has 24 heavy (non-hydrogen) atoms. The molecule has 0 unspecified atom stereocenters. The lowest BCUT2D eigenvalue weighted by atomic mass is 10.1. The first-order valence-electron chi connectivity index (χ1n) is 8.33. The van der Waals surface area contributed by atoms with Gasteiger partial charge in [0.2, 0.25) is 11.6 Å². The molecule has 1 heterocycles. The average Bonchev–Trinajstić information content (AvgIpc) is 2.49. The predicted octanol–water partition coefficient (Wildman–Crippen LogP) is 2.95. The van der Waals surface area contributed by atoms with Gasteiger partial charge in [0.25, 0.3) is 0 Å². The van der Waals surface area contributed by atoms with Crippen LogP contribution in [-0.4, -0.2) is 48.2 Å². The fraction of sp³-hybridized carbons (Fsp3) is 0.750. The van der Waals surface area contributed by atoms with Gasteiger partial charge in [-0.1, -0.05) is 27.7 Å². The molecule has 0 aliphatic carbocycles. The van der Waals surface area contributed by atoms with E-state index in [1.165, 1.54) is 6.33 Å². The van der Waals surface area contributed by atoms with Crippen molar-refractivity contribution in [2.24, 2.45) is 11.8 Å². The maximum absolute atomic E-state index is 11.6. The summed E-state index contributed by atoms with van der Waals surface area (Å²) in [6, 6.07) is 0. The zero-order valence-corrected chi connectivity index (χ0v) is 15.3. The van der Waals surface area contributed by atoms with Crippen LogP contribution in [0.1, 0.15) is 34.1 Å². The van der Waals surface area contributed by atoms with Crippen molar-refractivity contribution in [1.29, 1.82) is 0 Å². The van der Waals surface area contributed by atoms with E-state index < -0.39 is 4.92 Å². The maximum atomic E-state index is 11.6. The third-order valence-corrected chi connectivity index (χ3v) is 3.27. The van der Waals surface area contributed by atoms with Gasteiger partial charge < -0.3 is 15.0 Å². The molecule has 1 rings (SSSR count). The van der Waals surface area contributed by atoms with Crippen molar-refractivity contribution in [3.05, 3.63) is 16.4 Å². The standard InChI is InChI=1S/C16H29N5O3/c1-12(2)9-20(10-13(3)4)16-14(21(22)23)15(18-11-19-16)17-7-6-8-24-5/h11-13H,6-10H2,1-5H3,(H,17,18,19). The highest BCUT2D eigenvalue weighted by atomic mass is 16.6. The summed E-state index contributed by atoms with van der Waals surface area (Å²) >= 11 is 0. The van der Waals surface area contributed by atoms with E-state index in [1.807, 2.05) is 4.90 Å². The molecule has 8 heteroatoms. The molecule has 0 aliphatic rings. The molecule has 0 spiro atoms. The van der Waals surface area contributed by atoms with Gasteiger partial charge in [0, 0.05) is 33.4 Å². The van der Waals surface area contributed by atoms with Crippen LogP contribution in [0, 0.1) is 22.0 Å². The van der Waals surface area contributed by atoms with Gasteiger partial charge in [-0.2, -0.15) is 0 Å². The minimum Gasteiger partial charge on any atom is -0.385 e. The lowest BCUT2D eigenvalue weighted by Crippen LogP contribution is -2.33. The Hall–Kier alpha value is -1.96. The number of methoxy groups -OCH3 is 1. The number of nitrogens with one attached hydrogen (secondary N) is 1. The molecular weight excluding hydrogens is 310 g/mol. The fourth-order valence-electron chi connectivity index (χ4n) is 2.45. The number of anilines is 2. The van der Waals surface area contributed by atoms with Crippen LogP contribution in [0.15, 0.2) is 6.33 Å². The molecule has 0 amide bonds. The molecule has 8 nitrogen and oxygen atoms in total. The Morgan fingerprint density at radius 1 is 1.25 bits per heavy atom. The molecule has 0 fully saturated rings. The number of ether oxygens (including phenoxy) is 1. The van der Waals surface area contributed by atoms with Crippen LogP contribution >= 0.6 is 0 Å². The highest BCUT2D eigenvalue weighted by Gasteiger charge is 2.27. The highest BCUT2D eigenvalue weighted by Crippen LogP contribution is 2.32. The van der Waals surface area contributed by atoms with E-state index in [-0.39, 0.29) is 11.5 Å². The number of nitro groups is 1. The number of rotatable bonds is 11. The molecule has 0 aliphatic heterocycles. The van der Waals surface area contributed by atoms with E-state index >= 15 is 0 Å². The van der Waals surface area contributed by atoms with Gasteiger partial charge in [-0.15, -0.1) is 0 Å². The first kappa shape index (κ1) is 20.1. The summed E-state index contributed by atoms with van der Waals surface area (Å²) in [7, 11) is 1.63. The van der Waals surface area contributed by atoms with Gasteiger partial charge >= 0.3 is 5.69 Å². The summed E-state index contributed by atoms with van der Waals surface area (Å²) in [5.41, 5.74) is -0.0591. The van der Waals surface area contributed by atoms with Crippen LogP contribution < -0.4 is 10.2 Å². The molecule has 0 radical (unpaired) electrons. The Kier molecular flexibility index (Phi) is 8.39. The predicted molar refractivity (Wildman–Crippen MR) is 95.6 cm³/mol. The van der Waals surface area contributed by atoms with E-state index in [2.05, 4.69) is 43.0 Å².